The normalized spacial score (nSPS) is 19.2. The largest absolute Gasteiger partial charge is 0.343 e. The summed E-state index contributed by atoms with van der Waals surface area (Å²) in [6, 6.07) is 4.44. The topological polar surface area (TPSA) is 51.0 Å². The molecular weight excluding hydrogens is 324 g/mol. The van der Waals surface area contributed by atoms with Gasteiger partial charge in [0.2, 0.25) is 5.91 Å². The number of aryl methyl sites for hydroxylation is 1. The zero-order chi connectivity index (χ0) is 17.9. The standard InChI is InChI=1S/C21H28N4O/c1-16-15-23-21(18-6-10-22-11-7-18)25(16)19-8-12-24(13-9-19)20(26)14-17-4-2-3-5-17/h6-7,10-11,15,17,19H,2-5,8-9,12-14H2,1H3. The molecule has 0 N–H and O–H groups in total. The summed E-state index contributed by atoms with van der Waals surface area (Å²) >= 11 is 0. The number of aromatic nitrogens is 3. The summed E-state index contributed by atoms with van der Waals surface area (Å²) in [6.07, 6.45) is 13.4. The Hall–Kier alpha value is -2.17. The maximum Gasteiger partial charge on any atom is 0.222 e. The Kier molecular flexibility index (Phi) is 5.05. The van der Waals surface area contributed by atoms with Gasteiger partial charge in [-0.25, -0.2) is 4.98 Å². The fourth-order valence-corrected chi connectivity index (χ4v) is 4.59. The predicted molar refractivity (Wildman–Crippen MR) is 102 cm³/mol. The van der Waals surface area contributed by atoms with Crippen molar-refractivity contribution in [2.45, 2.75) is 57.9 Å². The molecule has 2 aliphatic rings. The zero-order valence-electron chi connectivity index (χ0n) is 15.6. The van der Waals surface area contributed by atoms with Crippen molar-refractivity contribution in [1.82, 2.24) is 19.4 Å². The fraction of sp³-hybridized carbons (Fsp3) is 0.571. The molecule has 0 aromatic carbocycles. The maximum absolute atomic E-state index is 12.6. The molecule has 1 aliphatic heterocycles. The van der Waals surface area contributed by atoms with Gasteiger partial charge < -0.3 is 9.47 Å². The third kappa shape index (κ3) is 3.53. The number of nitrogens with zero attached hydrogens (tertiary/aromatic N) is 4. The minimum Gasteiger partial charge on any atom is -0.343 e. The molecule has 2 aromatic rings. The molecule has 2 aromatic heterocycles. The van der Waals surface area contributed by atoms with Crippen molar-refractivity contribution in [2.75, 3.05) is 13.1 Å². The number of carbonyl (C=O) groups is 1. The third-order valence-electron chi connectivity index (χ3n) is 6.04. The number of pyridine rings is 1. The Bertz CT molecular complexity index is 741. The first kappa shape index (κ1) is 17.3. The number of amides is 1. The number of carbonyl (C=O) groups excluding carboxylic acids is 1. The van der Waals surface area contributed by atoms with Crippen molar-refractivity contribution in [3.05, 3.63) is 36.4 Å². The molecule has 0 radical (unpaired) electrons. The summed E-state index contributed by atoms with van der Waals surface area (Å²) in [5, 5.41) is 0. The molecule has 2 fully saturated rings. The van der Waals surface area contributed by atoms with Crippen LogP contribution in [0.3, 0.4) is 0 Å². The Balaban J connectivity index is 1.42. The summed E-state index contributed by atoms with van der Waals surface area (Å²) < 4.78 is 2.36. The molecule has 1 saturated carbocycles. The van der Waals surface area contributed by atoms with Crippen LogP contribution in [-0.4, -0.2) is 38.4 Å². The van der Waals surface area contributed by atoms with Crippen molar-refractivity contribution >= 4 is 5.91 Å². The predicted octanol–water partition coefficient (Wildman–Crippen LogP) is 4.00. The molecular formula is C21H28N4O. The van der Waals surface area contributed by atoms with E-state index in [2.05, 4.69) is 26.4 Å². The number of likely N-dealkylation sites (tertiary alicyclic amines) is 1. The summed E-state index contributed by atoms with van der Waals surface area (Å²) in [5.74, 6) is 2.02. The molecule has 0 bridgehead atoms. The number of imidazole rings is 1. The molecule has 5 heteroatoms. The lowest BCUT2D eigenvalue weighted by atomic mass is 10.00. The van der Waals surface area contributed by atoms with E-state index in [1.807, 2.05) is 30.7 Å². The van der Waals surface area contributed by atoms with Gasteiger partial charge in [-0.1, -0.05) is 12.8 Å². The monoisotopic (exact) mass is 352 g/mol. The highest BCUT2D eigenvalue weighted by molar-refractivity contribution is 5.76. The second-order valence-electron chi connectivity index (χ2n) is 7.80. The van der Waals surface area contributed by atoms with Crippen LogP contribution in [0.5, 0.6) is 0 Å². The van der Waals surface area contributed by atoms with E-state index < -0.39 is 0 Å². The Morgan fingerprint density at radius 3 is 2.50 bits per heavy atom. The van der Waals surface area contributed by atoms with Gasteiger partial charge >= 0.3 is 0 Å². The number of rotatable bonds is 4. The maximum atomic E-state index is 12.6. The minimum atomic E-state index is 0.368. The summed E-state index contributed by atoms with van der Waals surface area (Å²) in [6.45, 7) is 3.85. The average molecular weight is 352 g/mol. The van der Waals surface area contributed by atoms with Crippen molar-refractivity contribution in [3.8, 4) is 11.4 Å². The van der Waals surface area contributed by atoms with Crippen molar-refractivity contribution < 1.29 is 4.79 Å². The summed E-state index contributed by atoms with van der Waals surface area (Å²) in [7, 11) is 0. The van der Waals surface area contributed by atoms with E-state index in [0.29, 0.717) is 17.9 Å². The molecule has 4 rings (SSSR count). The van der Waals surface area contributed by atoms with E-state index in [0.717, 1.165) is 43.7 Å². The highest BCUT2D eigenvalue weighted by Gasteiger charge is 2.28. The Morgan fingerprint density at radius 1 is 1.12 bits per heavy atom. The van der Waals surface area contributed by atoms with Crippen molar-refractivity contribution in [1.29, 1.82) is 0 Å². The quantitative estimate of drug-likeness (QED) is 0.836. The van der Waals surface area contributed by atoms with Crippen LogP contribution in [0.15, 0.2) is 30.7 Å². The molecule has 1 aliphatic carbocycles. The lowest BCUT2D eigenvalue weighted by molar-refractivity contribution is -0.133. The molecule has 0 atom stereocenters. The molecule has 138 valence electrons. The van der Waals surface area contributed by atoms with Gasteiger partial charge in [0.15, 0.2) is 0 Å². The third-order valence-corrected chi connectivity index (χ3v) is 6.04. The van der Waals surface area contributed by atoms with Gasteiger partial charge in [-0.2, -0.15) is 0 Å². The van der Waals surface area contributed by atoms with E-state index in [1.165, 1.54) is 31.4 Å². The first-order valence-corrected chi connectivity index (χ1v) is 9.94. The minimum absolute atomic E-state index is 0.368. The van der Waals surface area contributed by atoms with E-state index in [1.54, 1.807) is 0 Å². The second kappa shape index (κ2) is 7.60. The van der Waals surface area contributed by atoms with Gasteiger partial charge in [-0.15, -0.1) is 0 Å². The van der Waals surface area contributed by atoms with Gasteiger partial charge in [-0.3, -0.25) is 9.78 Å². The number of piperidine rings is 1. The Labute approximate surface area is 155 Å². The molecule has 5 nitrogen and oxygen atoms in total. The SMILES string of the molecule is Cc1cnc(-c2ccncc2)n1C1CCN(C(=O)CC2CCCC2)CC1. The number of hydrogen-bond acceptors (Lipinski definition) is 3. The van der Waals surface area contributed by atoms with Crippen LogP contribution in [0.2, 0.25) is 0 Å². The summed E-state index contributed by atoms with van der Waals surface area (Å²) in [5.41, 5.74) is 2.29. The van der Waals surface area contributed by atoms with Gasteiger partial charge in [0, 0.05) is 55.4 Å². The van der Waals surface area contributed by atoms with Crippen molar-refractivity contribution in [2.24, 2.45) is 5.92 Å². The highest BCUT2D eigenvalue weighted by atomic mass is 16.2. The fourth-order valence-electron chi connectivity index (χ4n) is 4.59. The smallest absolute Gasteiger partial charge is 0.222 e. The Morgan fingerprint density at radius 2 is 1.81 bits per heavy atom. The first-order chi connectivity index (χ1) is 12.7. The first-order valence-electron chi connectivity index (χ1n) is 9.94. The molecule has 1 amide bonds. The lowest BCUT2D eigenvalue weighted by Crippen LogP contribution is -2.39. The molecule has 3 heterocycles. The number of hydrogen-bond donors (Lipinski definition) is 0. The van der Waals surface area contributed by atoms with Crippen LogP contribution in [0, 0.1) is 12.8 Å². The molecule has 0 spiro atoms. The average Bonchev–Trinajstić information content (AvgIpc) is 3.32. The summed E-state index contributed by atoms with van der Waals surface area (Å²) in [4.78, 5) is 23.4. The second-order valence-corrected chi connectivity index (χ2v) is 7.80. The van der Waals surface area contributed by atoms with Crippen LogP contribution in [0.25, 0.3) is 11.4 Å². The van der Waals surface area contributed by atoms with E-state index in [4.69, 9.17) is 0 Å². The van der Waals surface area contributed by atoms with Crippen molar-refractivity contribution in [3.63, 3.8) is 0 Å². The van der Waals surface area contributed by atoms with Crippen LogP contribution in [0.4, 0.5) is 0 Å². The van der Waals surface area contributed by atoms with Crippen LogP contribution in [0.1, 0.15) is 56.7 Å². The van der Waals surface area contributed by atoms with Gasteiger partial charge in [0.05, 0.1) is 0 Å². The van der Waals surface area contributed by atoms with Crippen LogP contribution in [-0.2, 0) is 4.79 Å². The van der Waals surface area contributed by atoms with E-state index in [-0.39, 0.29) is 0 Å². The molecule has 1 saturated heterocycles. The zero-order valence-corrected chi connectivity index (χ0v) is 15.6. The van der Waals surface area contributed by atoms with Crippen LogP contribution >= 0.6 is 0 Å². The molecule has 0 unspecified atom stereocenters. The molecule has 26 heavy (non-hydrogen) atoms. The van der Waals surface area contributed by atoms with E-state index in [9.17, 15) is 4.79 Å². The van der Waals surface area contributed by atoms with Gasteiger partial charge in [0.25, 0.3) is 0 Å². The van der Waals surface area contributed by atoms with Gasteiger partial charge in [0.1, 0.15) is 5.82 Å². The lowest BCUT2D eigenvalue weighted by Gasteiger charge is -2.34. The van der Waals surface area contributed by atoms with E-state index >= 15 is 0 Å². The van der Waals surface area contributed by atoms with Gasteiger partial charge in [-0.05, 0) is 50.7 Å². The van der Waals surface area contributed by atoms with Crippen LogP contribution < -0.4 is 0 Å². The highest BCUT2D eigenvalue weighted by Crippen LogP contribution is 2.32.